The smallest absolute Gasteiger partial charge is 0.125 e. The van der Waals surface area contributed by atoms with Gasteiger partial charge in [-0.2, -0.15) is 0 Å². The molecular formula is C16H19NO2. The summed E-state index contributed by atoms with van der Waals surface area (Å²) in [5.41, 5.74) is 3.67. The average Bonchev–Trinajstić information content (AvgIpc) is 2.99. The number of hydrogen-bond donors (Lipinski definition) is 1. The molecule has 0 saturated carbocycles. The van der Waals surface area contributed by atoms with E-state index in [1.807, 2.05) is 6.07 Å². The number of rotatable bonds is 4. The van der Waals surface area contributed by atoms with Crippen LogP contribution in [0.3, 0.4) is 0 Å². The summed E-state index contributed by atoms with van der Waals surface area (Å²) in [7, 11) is 0. The van der Waals surface area contributed by atoms with Crippen molar-refractivity contribution in [3.05, 3.63) is 41.9 Å². The van der Waals surface area contributed by atoms with Crippen LogP contribution in [0.5, 0.6) is 5.75 Å². The van der Waals surface area contributed by atoms with Gasteiger partial charge in [0, 0.05) is 12.0 Å². The third kappa shape index (κ3) is 2.38. The first-order valence-electron chi connectivity index (χ1n) is 6.85. The van der Waals surface area contributed by atoms with Crippen LogP contribution in [-0.4, -0.2) is 12.6 Å². The highest BCUT2D eigenvalue weighted by molar-refractivity contribution is 5.68. The standard InChI is InChI=1S/C16H19NO2/c1-3-17-10-16-14(6-7-18-16)12-4-5-15-13(9-12)8-11(2)19-15/h4-7,9,11,17H,3,8,10H2,1-2H3. The molecule has 2 heterocycles. The Kier molecular flexibility index (Phi) is 3.30. The largest absolute Gasteiger partial charge is 0.490 e. The molecular weight excluding hydrogens is 238 g/mol. The number of hydrogen-bond acceptors (Lipinski definition) is 3. The number of ether oxygens (including phenoxy) is 1. The molecule has 1 aromatic carbocycles. The maximum Gasteiger partial charge on any atom is 0.125 e. The molecule has 3 rings (SSSR count). The number of furan rings is 1. The minimum atomic E-state index is 0.288. The first-order valence-corrected chi connectivity index (χ1v) is 6.85. The van der Waals surface area contributed by atoms with Gasteiger partial charge >= 0.3 is 0 Å². The van der Waals surface area contributed by atoms with Crippen LogP contribution in [0.25, 0.3) is 11.1 Å². The second-order valence-electron chi connectivity index (χ2n) is 4.99. The SMILES string of the molecule is CCNCc1occc1-c1ccc2c(c1)CC(C)O2. The maximum atomic E-state index is 5.74. The van der Waals surface area contributed by atoms with Crippen LogP contribution in [0, 0.1) is 0 Å². The molecule has 0 fully saturated rings. The fourth-order valence-electron chi connectivity index (χ4n) is 2.56. The minimum absolute atomic E-state index is 0.288. The number of nitrogens with one attached hydrogen (secondary N) is 1. The van der Waals surface area contributed by atoms with E-state index in [1.54, 1.807) is 6.26 Å². The molecule has 1 N–H and O–H groups in total. The fraction of sp³-hybridized carbons (Fsp3) is 0.375. The summed E-state index contributed by atoms with van der Waals surface area (Å²) in [6.45, 7) is 5.91. The van der Waals surface area contributed by atoms with E-state index < -0.39 is 0 Å². The van der Waals surface area contributed by atoms with Crippen molar-refractivity contribution in [3.63, 3.8) is 0 Å². The molecule has 1 atom stereocenters. The van der Waals surface area contributed by atoms with E-state index in [1.165, 1.54) is 16.7 Å². The molecule has 19 heavy (non-hydrogen) atoms. The van der Waals surface area contributed by atoms with Crippen LogP contribution in [-0.2, 0) is 13.0 Å². The highest BCUT2D eigenvalue weighted by atomic mass is 16.5. The molecule has 0 aliphatic carbocycles. The Hall–Kier alpha value is -1.74. The lowest BCUT2D eigenvalue weighted by Crippen LogP contribution is -2.11. The fourth-order valence-corrected chi connectivity index (χ4v) is 2.56. The lowest BCUT2D eigenvalue weighted by atomic mass is 10.0. The molecule has 100 valence electrons. The molecule has 0 saturated heterocycles. The molecule has 2 aromatic rings. The highest BCUT2D eigenvalue weighted by Crippen LogP contribution is 2.34. The van der Waals surface area contributed by atoms with Gasteiger partial charge in [0.05, 0.1) is 12.8 Å². The molecule has 1 aromatic heterocycles. The molecule has 0 spiro atoms. The molecule has 1 aliphatic rings. The summed E-state index contributed by atoms with van der Waals surface area (Å²) in [6, 6.07) is 8.43. The number of benzene rings is 1. The van der Waals surface area contributed by atoms with Crippen LogP contribution in [0.15, 0.2) is 34.9 Å². The van der Waals surface area contributed by atoms with Crippen LogP contribution >= 0.6 is 0 Å². The van der Waals surface area contributed by atoms with Crippen molar-refractivity contribution < 1.29 is 9.15 Å². The quantitative estimate of drug-likeness (QED) is 0.911. The predicted molar refractivity (Wildman–Crippen MR) is 75.3 cm³/mol. The normalized spacial score (nSPS) is 17.3. The third-order valence-corrected chi connectivity index (χ3v) is 3.49. The minimum Gasteiger partial charge on any atom is -0.490 e. The molecule has 0 amide bonds. The van der Waals surface area contributed by atoms with Crippen molar-refractivity contribution in [1.29, 1.82) is 0 Å². The second-order valence-corrected chi connectivity index (χ2v) is 4.99. The van der Waals surface area contributed by atoms with E-state index in [9.17, 15) is 0 Å². The van der Waals surface area contributed by atoms with E-state index in [0.717, 1.165) is 31.0 Å². The molecule has 1 aliphatic heterocycles. The van der Waals surface area contributed by atoms with E-state index >= 15 is 0 Å². The summed E-state index contributed by atoms with van der Waals surface area (Å²) in [4.78, 5) is 0. The highest BCUT2D eigenvalue weighted by Gasteiger charge is 2.20. The maximum absolute atomic E-state index is 5.74. The van der Waals surface area contributed by atoms with Crippen molar-refractivity contribution in [2.45, 2.75) is 32.9 Å². The summed E-state index contributed by atoms with van der Waals surface area (Å²) < 4.78 is 11.3. The van der Waals surface area contributed by atoms with Crippen molar-refractivity contribution in [2.24, 2.45) is 0 Å². The van der Waals surface area contributed by atoms with Crippen molar-refractivity contribution >= 4 is 0 Å². The average molecular weight is 257 g/mol. The Morgan fingerprint density at radius 1 is 1.32 bits per heavy atom. The Balaban J connectivity index is 1.91. The van der Waals surface area contributed by atoms with E-state index in [0.29, 0.717) is 0 Å². The first-order chi connectivity index (χ1) is 9.28. The summed E-state index contributed by atoms with van der Waals surface area (Å²) in [5, 5.41) is 3.30. The second kappa shape index (κ2) is 5.10. The van der Waals surface area contributed by atoms with Gasteiger partial charge in [-0.3, -0.25) is 0 Å². The van der Waals surface area contributed by atoms with Crippen LogP contribution < -0.4 is 10.1 Å². The Labute approximate surface area is 113 Å². The van der Waals surface area contributed by atoms with Gasteiger partial charge in [0.1, 0.15) is 17.6 Å². The monoisotopic (exact) mass is 257 g/mol. The van der Waals surface area contributed by atoms with Crippen LogP contribution in [0.1, 0.15) is 25.2 Å². The first kappa shape index (κ1) is 12.3. The lowest BCUT2D eigenvalue weighted by Gasteiger charge is -2.06. The molecule has 3 heteroatoms. The zero-order valence-electron chi connectivity index (χ0n) is 11.4. The summed E-state index contributed by atoms with van der Waals surface area (Å²) >= 11 is 0. The molecule has 0 radical (unpaired) electrons. The van der Waals surface area contributed by atoms with E-state index in [4.69, 9.17) is 9.15 Å². The molecule has 1 unspecified atom stereocenters. The van der Waals surface area contributed by atoms with Gasteiger partial charge in [0.15, 0.2) is 0 Å². The zero-order chi connectivity index (χ0) is 13.2. The summed E-state index contributed by atoms with van der Waals surface area (Å²) in [6.07, 6.45) is 3.04. The zero-order valence-corrected chi connectivity index (χ0v) is 11.4. The van der Waals surface area contributed by atoms with Crippen molar-refractivity contribution in [1.82, 2.24) is 5.32 Å². The van der Waals surface area contributed by atoms with Gasteiger partial charge in [-0.1, -0.05) is 13.0 Å². The molecule has 0 bridgehead atoms. The van der Waals surface area contributed by atoms with Gasteiger partial charge in [-0.15, -0.1) is 0 Å². The van der Waals surface area contributed by atoms with Crippen molar-refractivity contribution in [3.8, 4) is 16.9 Å². The van der Waals surface area contributed by atoms with E-state index in [2.05, 4.69) is 37.4 Å². The van der Waals surface area contributed by atoms with Crippen LogP contribution in [0.2, 0.25) is 0 Å². The van der Waals surface area contributed by atoms with Crippen molar-refractivity contribution in [2.75, 3.05) is 6.54 Å². The van der Waals surface area contributed by atoms with Gasteiger partial charge in [0.25, 0.3) is 0 Å². The van der Waals surface area contributed by atoms with Gasteiger partial charge < -0.3 is 14.5 Å². The third-order valence-electron chi connectivity index (χ3n) is 3.49. The Bertz CT molecular complexity index is 574. The Morgan fingerprint density at radius 3 is 3.05 bits per heavy atom. The lowest BCUT2D eigenvalue weighted by molar-refractivity contribution is 0.254. The van der Waals surface area contributed by atoms with Crippen LogP contribution in [0.4, 0.5) is 0 Å². The Morgan fingerprint density at radius 2 is 2.21 bits per heavy atom. The predicted octanol–water partition coefficient (Wildman–Crippen LogP) is 3.38. The van der Waals surface area contributed by atoms with Gasteiger partial charge in [-0.05, 0) is 42.8 Å². The summed E-state index contributed by atoms with van der Waals surface area (Å²) in [5.74, 6) is 2.02. The topological polar surface area (TPSA) is 34.4 Å². The molecule has 3 nitrogen and oxygen atoms in total. The van der Waals surface area contributed by atoms with Gasteiger partial charge in [0.2, 0.25) is 0 Å². The number of fused-ring (bicyclic) bond motifs is 1. The van der Waals surface area contributed by atoms with E-state index in [-0.39, 0.29) is 6.10 Å². The van der Waals surface area contributed by atoms with Gasteiger partial charge in [-0.25, -0.2) is 0 Å².